The van der Waals surface area contributed by atoms with E-state index in [0.717, 1.165) is 18.7 Å². The number of hydrogen-bond donors (Lipinski definition) is 5. The van der Waals surface area contributed by atoms with Gasteiger partial charge in [0.2, 0.25) is 30.0 Å². The van der Waals surface area contributed by atoms with Crippen molar-refractivity contribution in [3.63, 3.8) is 0 Å². The number of carbonyl (C=O) groups is 5. The highest BCUT2D eigenvalue weighted by Gasteiger charge is 2.33. The Labute approximate surface area is 367 Å². The lowest BCUT2D eigenvalue weighted by atomic mass is 9.93. The van der Waals surface area contributed by atoms with Gasteiger partial charge < -0.3 is 46.1 Å². The van der Waals surface area contributed by atoms with Gasteiger partial charge in [-0.2, -0.15) is 5.26 Å². The summed E-state index contributed by atoms with van der Waals surface area (Å²) in [6.45, 7) is 8.07. The smallest absolute Gasteiger partial charge is 0.248 e. The highest BCUT2D eigenvalue weighted by Crippen LogP contribution is 2.39. The largest absolute Gasteiger partial charge is 0.496 e. The van der Waals surface area contributed by atoms with Crippen LogP contribution in [-0.2, 0) is 36.8 Å². The molecule has 0 saturated heterocycles. The molecule has 338 valence electrons. The first-order chi connectivity index (χ1) is 29.8. The number of ether oxygens (including phenoxy) is 3. The van der Waals surface area contributed by atoms with Crippen LogP contribution in [0.25, 0.3) is 11.1 Å². The minimum absolute atomic E-state index is 0.0757. The third-order valence-electron chi connectivity index (χ3n) is 10.2. The van der Waals surface area contributed by atoms with Crippen molar-refractivity contribution in [2.45, 2.75) is 104 Å². The van der Waals surface area contributed by atoms with E-state index in [2.05, 4.69) is 60.2 Å². The zero-order chi connectivity index (χ0) is 46.0. The number of hydrogen-bond acceptors (Lipinski definition) is 10. The molecule has 0 aliphatic carbocycles. The van der Waals surface area contributed by atoms with Crippen LogP contribution in [0.3, 0.4) is 0 Å². The van der Waals surface area contributed by atoms with Crippen LogP contribution in [0.2, 0.25) is 0 Å². The second-order valence-corrected chi connectivity index (χ2v) is 14.9. The molecule has 0 aromatic heterocycles. The maximum atomic E-state index is 13.6. The van der Waals surface area contributed by atoms with Crippen LogP contribution in [0.4, 0.5) is 0 Å². The number of amides is 5. The second-order valence-electron chi connectivity index (χ2n) is 14.9. The summed E-state index contributed by atoms with van der Waals surface area (Å²) in [5.41, 5.74) is 9.86. The minimum atomic E-state index is -1.21. The number of unbranched alkanes of at least 4 members (excludes halogenated alkanes) is 5. The number of benzene rings is 3. The summed E-state index contributed by atoms with van der Waals surface area (Å²) in [6, 6.07) is 15.2. The Morgan fingerprint density at radius 1 is 0.871 bits per heavy atom. The van der Waals surface area contributed by atoms with Gasteiger partial charge in [0.1, 0.15) is 41.9 Å². The molecule has 4 rings (SSSR count). The van der Waals surface area contributed by atoms with Crippen LogP contribution >= 0.6 is 0 Å². The van der Waals surface area contributed by atoms with E-state index in [4.69, 9.17) is 25.2 Å². The van der Waals surface area contributed by atoms with Gasteiger partial charge in [0.25, 0.3) is 0 Å². The quantitative estimate of drug-likeness (QED) is 0.0691. The molecule has 0 fully saturated rings. The monoisotopic (exact) mass is 858 g/mol. The maximum absolute atomic E-state index is 13.6. The van der Waals surface area contributed by atoms with E-state index < -0.39 is 41.8 Å². The van der Waals surface area contributed by atoms with Crippen LogP contribution in [0.1, 0.15) is 94.0 Å². The Kier molecular flexibility index (Phi) is 23.8. The normalized spacial score (nSPS) is 15.5. The molecular formula is C47H67N7O8. The standard InChI is InChI=1S/C28H32N6O7.C16H26O.C3H9N/c1-16-26(37)33-21(27(38)31-10-9-29)12-17-5-7-22(40-3)19(11-17)20-13-18(6-8-23(20)41-4)25(28(39)32-16)34(2)24(36)14-30-15-35;1-4-5-6-7-8-9-10-15-12-11-14(2)16(13-15)17-3;1-2-3-4/h5-8,11,13,15-16,21,25H,10,12,14H2,1-4H3,(H,30,35)(H,31,38)(H,32,39)(H,33,37);11-13H,4-10H2,1-3H3;2-4H2,1H3/t16-,21?,25?;;/m0../s1. The van der Waals surface area contributed by atoms with Gasteiger partial charge in [0, 0.05) is 24.6 Å². The molecule has 0 radical (unpaired) electrons. The zero-order valence-electron chi connectivity index (χ0n) is 37.7. The molecule has 0 saturated carbocycles. The van der Waals surface area contributed by atoms with E-state index in [-0.39, 0.29) is 19.5 Å². The molecule has 62 heavy (non-hydrogen) atoms. The van der Waals surface area contributed by atoms with Gasteiger partial charge in [-0.1, -0.05) is 70.2 Å². The first-order valence-electron chi connectivity index (χ1n) is 21.2. The van der Waals surface area contributed by atoms with E-state index in [0.29, 0.717) is 40.2 Å². The van der Waals surface area contributed by atoms with Crippen molar-refractivity contribution in [3.8, 4) is 34.4 Å². The summed E-state index contributed by atoms with van der Waals surface area (Å²) in [4.78, 5) is 64.5. The topological polar surface area (TPSA) is 214 Å². The van der Waals surface area contributed by atoms with Gasteiger partial charge in [-0.15, -0.1) is 0 Å². The van der Waals surface area contributed by atoms with Crippen LogP contribution in [0.15, 0.2) is 54.6 Å². The van der Waals surface area contributed by atoms with E-state index in [1.54, 1.807) is 43.5 Å². The van der Waals surface area contributed by atoms with Gasteiger partial charge in [0.05, 0.1) is 33.9 Å². The number of nitrogens with one attached hydrogen (secondary N) is 4. The fraction of sp³-hybridized carbons (Fsp3) is 0.489. The summed E-state index contributed by atoms with van der Waals surface area (Å²) >= 11 is 0. The summed E-state index contributed by atoms with van der Waals surface area (Å²) < 4.78 is 16.6. The lowest BCUT2D eigenvalue weighted by Gasteiger charge is -2.30. The maximum Gasteiger partial charge on any atom is 0.248 e. The Bertz CT molecular complexity index is 1950. The lowest BCUT2D eigenvalue weighted by Crippen LogP contribution is -2.55. The number of methoxy groups -OCH3 is 3. The van der Waals surface area contributed by atoms with Crippen LogP contribution in [-0.4, -0.2) is 95.0 Å². The number of nitriles is 1. The van der Waals surface area contributed by atoms with Crippen molar-refractivity contribution in [1.82, 2.24) is 26.2 Å². The fourth-order valence-corrected chi connectivity index (χ4v) is 6.63. The van der Waals surface area contributed by atoms with Gasteiger partial charge in [-0.3, -0.25) is 24.0 Å². The SMILES string of the molecule is CCCCCCCCc1ccc(C)c(OC)c1.CCCN.COc1ccc2cc1-c1cc(ccc1OC)C(N(C)C(=O)CNC=O)C(=O)N[C@@H](C)C(=O)NC(C(=O)NCC#N)C2. The number of aryl methyl sites for hydroxylation is 2. The minimum Gasteiger partial charge on any atom is -0.496 e. The van der Waals surface area contributed by atoms with Crippen molar-refractivity contribution in [2.75, 3.05) is 48.0 Å². The summed E-state index contributed by atoms with van der Waals surface area (Å²) in [6.07, 6.45) is 10.9. The zero-order valence-corrected chi connectivity index (χ0v) is 37.7. The number of nitrogens with zero attached hydrogens (tertiary/aromatic N) is 2. The predicted molar refractivity (Wildman–Crippen MR) is 241 cm³/mol. The molecule has 15 nitrogen and oxygen atoms in total. The first-order valence-corrected chi connectivity index (χ1v) is 21.2. The first kappa shape index (κ1) is 52.0. The third-order valence-corrected chi connectivity index (χ3v) is 10.2. The Balaban J connectivity index is 0.000000520. The highest BCUT2D eigenvalue weighted by atomic mass is 16.5. The number of fused-ring (bicyclic) bond motifs is 5. The summed E-state index contributed by atoms with van der Waals surface area (Å²) in [7, 11) is 6.14. The molecule has 3 atom stereocenters. The average Bonchev–Trinajstić information content (AvgIpc) is 3.28. The molecule has 5 amide bonds. The van der Waals surface area contributed by atoms with E-state index in [9.17, 15) is 24.0 Å². The molecule has 3 aromatic rings. The van der Waals surface area contributed by atoms with Crippen molar-refractivity contribution >= 4 is 30.0 Å². The molecule has 4 bridgehead atoms. The van der Waals surface area contributed by atoms with Gasteiger partial charge in [0.15, 0.2) is 0 Å². The summed E-state index contributed by atoms with van der Waals surface area (Å²) in [5.74, 6) is -0.499. The molecule has 0 spiro atoms. The number of rotatable bonds is 17. The molecule has 2 unspecified atom stereocenters. The summed E-state index contributed by atoms with van der Waals surface area (Å²) in [5, 5.41) is 18.9. The average molecular weight is 858 g/mol. The molecule has 1 aliphatic rings. The van der Waals surface area contributed by atoms with Crippen molar-refractivity contribution in [3.05, 3.63) is 76.9 Å². The van der Waals surface area contributed by atoms with Crippen LogP contribution < -0.4 is 41.2 Å². The van der Waals surface area contributed by atoms with Crippen molar-refractivity contribution in [1.29, 1.82) is 5.26 Å². The third kappa shape index (κ3) is 16.4. The second kappa shape index (κ2) is 28.4. The fourth-order valence-electron chi connectivity index (χ4n) is 6.63. The van der Waals surface area contributed by atoms with E-state index in [1.165, 1.54) is 89.2 Å². The number of nitrogens with two attached hydrogens (primary N) is 1. The molecular weight excluding hydrogens is 791 g/mol. The van der Waals surface area contributed by atoms with Gasteiger partial charge in [-0.05, 0) is 92.2 Å². The van der Waals surface area contributed by atoms with E-state index in [1.807, 2.05) is 6.07 Å². The Morgan fingerprint density at radius 2 is 1.50 bits per heavy atom. The lowest BCUT2D eigenvalue weighted by molar-refractivity contribution is -0.140. The highest BCUT2D eigenvalue weighted by molar-refractivity contribution is 5.95. The molecule has 1 aliphatic heterocycles. The van der Waals surface area contributed by atoms with Gasteiger partial charge >= 0.3 is 0 Å². The van der Waals surface area contributed by atoms with Crippen molar-refractivity contribution in [2.24, 2.45) is 5.73 Å². The Hall–Kier alpha value is -6.14. The molecule has 1 heterocycles. The van der Waals surface area contributed by atoms with Crippen molar-refractivity contribution < 1.29 is 38.2 Å². The van der Waals surface area contributed by atoms with E-state index >= 15 is 0 Å². The Morgan fingerprint density at radius 3 is 2.11 bits per heavy atom. The van der Waals surface area contributed by atoms with Crippen LogP contribution in [0.5, 0.6) is 17.2 Å². The van der Waals surface area contributed by atoms with Gasteiger partial charge in [-0.25, -0.2) is 0 Å². The number of likely N-dealkylation sites (N-methyl/N-ethyl adjacent to an activating group) is 1. The molecule has 6 N–H and O–H groups in total. The number of carbonyl (C=O) groups excluding carboxylic acids is 5. The molecule has 15 heteroatoms. The molecule has 3 aromatic carbocycles. The van der Waals surface area contributed by atoms with Crippen LogP contribution in [0, 0.1) is 18.3 Å². The predicted octanol–water partition coefficient (Wildman–Crippen LogP) is 5.06.